The molecule has 10 heteroatoms. The minimum Gasteiger partial charge on any atom is -0.366 e. The molecule has 1 aliphatic rings. The van der Waals surface area contributed by atoms with Gasteiger partial charge in [-0.2, -0.15) is 14.6 Å². The quantitative estimate of drug-likeness (QED) is 0.624. The smallest absolute Gasteiger partial charge is 0.224 e. The molecule has 1 fully saturated rings. The van der Waals surface area contributed by atoms with Gasteiger partial charge in [0.25, 0.3) is 0 Å². The Labute approximate surface area is 145 Å². The molecule has 1 aliphatic carbocycles. The van der Waals surface area contributed by atoms with Crippen molar-refractivity contribution < 1.29 is 8.42 Å². The normalized spacial score (nSPS) is 21.9. The summed E-state index contributed by atoms with van der Waals surface area (Å²) in [7, 11) is -3.38. The number of aromatic nitrogens is 2. The number of nitriles is 1. The number of hydrogen-bond acceptors (Lipinski definition) is 6. The van der Waals surface area contributed by atoms with Crippen molar-refractivity contribution in [2.24, 2.45) is 0 Å². The summed E-state index contributed by atoms with van der Waals surface area (Å²) in [5.74, 6) is 0.479. The van der Waals surface area contributed by atoms with Crippen molar-refractivity contribution in [2.75, 3.05) is 18.1 Å². The molecule has 0 radical (unpaired) electrons. The minimum atomic E-state index is -3.38. The molecule has 1 aromatic rings. The Morgan fingerprint density at radius 1 is 1.39 bits per heavy atom. The summed E-state index contributed by atoms with van der Waals surface area (Å²) in [6.07, 6.45) is 5.41. The van der Waals surface area contributed by atoms with E-state index in [0.29, 0.717) is 23.7 Å². The number of nitrogens with one attached hydrogen (secondary N) is 1. The maximum absolute atomic E-state index is 11.8. The first-order valence-electron chi connectivity index (χ1n) is 7.09. The van der Waals surface area contributed by atoms with Crippen LogP contribution in [0.15, 0.2) is 6.20 Å². The lowest BCUT2D eigenvalue weighted by atomic mass is 9.91. The molecule has 0 bridgehead atoms. The summed E-state index contributed by atoms with van der Waals surface area (Å²) in [5, 5.41) is 12.5. The standard InChI is InChI=1S/C13H17Cl2N5O2S/c1-23(21,22)20(7-6-16)10-4-2-9(3-5-10)18-12-11(14)8-17-13(15)19-12/h8-10H,2-5,7H2,1H3,(H,17,18,19)/t9-,10+. The number of halogens is 2. The third-order valence-corrected chi connectivity index (χ3v) is 5.55. The fourth-order valence-electron chi connectivity index (χ4n) is 2.74. The number of hydrogen-bond donors (Lipinski definition) is 1. The highest BCUT2D eigenvalue weighted by Crippen LogP contribution is 2.28. The second-order valence-electron chi connectivity index (χ2n) is 5.45. The predicted molar refractivity (Wildman–Crippen MR) is 88.9 cm³/mol. The van der Waals surface area contributed by atoms with Crippen molar-refractivity contribution in [3.05, 3.63) is 16.5 Å². The van der Waals surface area contributed by atoms with E-state index in [1.807, 2.05) is 6.07 Å². The molecule has 7 nitrogen and oxygen atoms in total. The molecule has 0 atom stereocenters. The highest BCUT2D eigenvalue weighted by molar-refractivity contribution is 7.88. The van der Waals surface area contributed by atoms with E-state index in [2.05, 4.69) is 15.3 Å². The molecular formula is C13H17Cl2N5O2S. The third kappa shape index (κ3) is 4.91. The zero-order valence-corrected chi connectivity index (χ0v) is 14.9. The van der Waals surface area contributed by atoms with Crippen LogP contribution in [-0.4, -0.2) is 47.6 Å². The molecule has 0 aromatic carbocycles. The summed E-state index contributed by atoms with van der Waals surface area (Å²) in [4.78, 5) is 7.85. The molecule has 2 rings (SSSR count). The van der Waals surface area contributed by atoms with Crippen LogP contribution in [0.1, 0.15) is 25.7 Å². The van der Waals surface area contributed by atoms with Crippen LogP contribution in [0.4, 0.5) is 5.82 Å². The van der Waals surface area contributed by atoms with E-state index in [-0.39, 0.29) is 23.9 Å². The van der Waals surface area contributed by atoms with Gasteiger partial charge >= 0.3 is 0 Å². The van der Waals surface area contributed by atoms with E-state index in [1.165, 1.54) is 10.5 Å². The first-order chi connectivity index (χ1) is 10.8. The molecule has 0 saturated heterocycles. The van der Waals surface area contributed by atoms with Crippen LogP contribution in [-0.2, 0) is 10.0 Å². The lowest BCUT2D eigenvalue weighted by molar-refractivity contribution is 0.262. The van der Waals surface area contributed by atoms with Crippen LogP contribution in [0.2, 0.25) is 10.3 Å². The second kappa shape index (κ2) is 7.62. The van der Waals surface area contributed by atoms with Crippen molar-refractivity contribution >= 4 is 39.0 Å². The van der Waals surface area contributed by atoms with E-state index in [1.54, 1.807) is 0 Å². The van der Waals surface area contributed by atoms with Gasteiger partial charge in [0.15, 0.2) is 0 Å². The summed E-state index contributed by atoms with van der Waals surface area (Å²) in [6.45, 7) is -0.116. The predicted octanol–water partition coefficient (Wildman–Crippen LogP) is 2.29. The summed E-state index contributed by atoms with van der Waals surface area (Å²) < 4.78 is 24.8. The van der Waals surface area contributed by atoms with Gasteiger partial charge in [-0.25, -0.2) is 13.4 Å². The fraction of sp³-hybridized carbons (Fsp3) is 0.615. The highest BCUT2D eigenvalue weighted by atomic mass is 35.5. The van der Waals surface area contributed by atoms with Gasteiger partial charge in [0.05, 0.1) is 18.5 Å². The van der Waals surface area contributed by atoms with Crippen molar-refractivity contribution in [1.29, 1.82) is 5.26 Å². The van der Waals surface area contributed by atoms with E-state index in [0.717, 1.165) is 19.1 Å². The van der Waals surface area contributed by atoms with Gasteiger partial charge in [-0.1, -0.05) is 11.6 Å². The molecule has 0 amide bonds. The molecule has 0 spiro atoms. The Bertz CT molecular complexity index is 699. The Morgan fingerprint density at radius 3 is 2.61 bits per heavy atom. The van der Waals surface area contributed by atoms with Gasteiger partial charge in [0, 0.05) is 12.1 Å². The van der Waals surface area contributed by atoms with E-state index < -0.39 is 10.0 Å². The average Bonchev–Trinajstić information content (AvgIpc) is 2.48. The van der Waals surface area contributed by atoms with Crippen LogP contribution in [0.5, 0.6) is 0 Å². The Hall–Kier alpha value is -1.14. The third-order valence-electron chi connectivity index (χ3n) is 3.81. The molecule has 23 heavy (non-hydrogen) atoms. The summed E-state index contributed by atoms with van der Waals surface area (Å²) in [6, 6.07) is 1.90. The van der Waals surface area contributed by atoms with Crippen molar-refractivity contribution in [1.82, 2.24) is 14.3 Å². The van der Waals surface area contributed by atoms with Gasteiger partial charge < -0.3 is 5.32 Å². The number of rotatable bonds is 5. The summed E-state index contributed by atoms with van der Waals surface area (Å²) in [5.41, 5.74) is 0. The number of nitrogens with zero attached hydrogens (tertiary/aromatic N) is 4. The molecule has 1 saturated carbocycles. The molecule has 0 unspecified atom stereocenters. The molecule has 1 heterocycles. The number of sulfonamides is 1. The van der Waals surface area contributed by atoms with Crippen molar-refractivity contribution in [3.63, 3.8) is 0 Å². The van der Waals surface area contributed by atoms with Crippen LogP contribution in [0, 0.1) is 11.3 Å². The molecule has 126 valence electrons. The Balaban J connectivity index is 1.98. The van der Waals surface area contributed by atoms with E-state index in [4.69, 9.17) is 28.5 Å². The fourth-order valence-corrected chi connectivity index (χ4v) is 4.06. The lowest BCUT2D eigenvalue weighted by Crippen LogP contribution is -2.43. The summed E-state index contributed by atoms with van der Waals surface area (Å²) >= 11 is 11.8. The SMILES string of the molecule is CS(=O)(=O)N(CC#N)[C@H]1CC[C@@H](Nc2nc(Cl)ncc2Cl)CC1. The maximum atomic E-state index is 11.8. The van der Waals surface area contributed by atoms with Crippen LogP contribution in [0.3, 0.4) is 0 Å². The van der Waals surface area contributed by atoms with Crippen LogP contribution < -0.4 is 5.32 Å². The Kier molecular flexibility index (Phi) is 6.03. The van der Waals surface area contributed by atoms with Gasteiger partial charge in [0.1, 0.15) is 17.4 Å². The average molecular weight is 378 g/mol. The topological polar surface area (TPSA) is 99.0 Å². The van der Waals surface area contributed by atoms with Gasteiger partial charge in [-0.3, -0.25) is 0 Å². The second-order valence-corrected chi connectivity index (χ2v) is 8.13. The molecule has 1 aromatic heterocycles. The van der Waals surface area contributed by atoms with Crippen molar-refractivity contribution in [2.45, 2.75) is 37.8 Å². The maximum Gasteiger partial charge on any atom is 0.224 e. The monoisotopic (exact) mass is 377 g/mol. The van der Waals surface area contributed by atoms with Crippen LogP contribution in [0.25, 0.3) is 0 Å². The van der Waals surface area contributed by atoms with Crippen LogP contribution >= 0.6 is 23.2 Å². The largest absolute Gasteiger partial charge is 0.366 e. The first-order valence-corrected chi connectivity index (χ1v) is 9.70. The van der Waals surface area contributed by atoms with Crippen molar-refractivity contribution in [3.8, 4) is 6.07 Å². The zero-order chi connectivity index (χ0) is 17.0. The Morgan fingerprint density at radius 2 is 2.04 bits per heavy atom. The van der Waals surface area contributed by atoms with Gasteiger partial charge in [-0.15, -0.1) is 0 Å². The van der Waals surface area contributed by atoms with Gasteiger partial charge in [0.2, 0.25) is 15.3 Å². The van der Waals surface area contributed by atoms with E-state index >= 15 is 0 Å². The molecule has 1 N–H and O–H groups in total. The first kappa shape index (κ1) is 18.2. The van der Waals surface area contributed by atoms with E-state index in [9.17, 15) is 8.42 Å². The highest BCUT2D eigenvalue weighted by Gasteiger charge is 2.31. The van der Waals surface area contributed by atoms with Gasteiger partial charge in [-0.05, 0) is 37.3 Å². The molecular weight excluding hydrogens is 361 g/mol. The lowest BCUT2D eigenvalue weighted by Gasteiger charge is -2.34. The molecule has 0 aliphatic heterocycles. The zero-order valence-electron chi connectivity index (χ0n) is 12.5. The number of anilines is 1. The minimum absolute atomic E-state index is 0.114.